The molecule has 5 nitrogen and oxygen atoms in total. The van der Waals surface area contributed by atoms with Crippen LogP contribution in [-0.2, 0) is 17.9 Å². The zero-order chi connectivity index (χ0) is 14.3. The third-order valence-electron chi connectivity index (χ3n) is 3.04. The first-order valence-corrected chi connectivity index (χ1v) is 7.04. The summed E-state index contributed by atoms with van der Waals surface area (Å²) in [6.45, 7) is 7.96. The van der Waals surface area contributed by atoms with E-state index in [0.717, 1.165) is 25.1 Å². The van der Waals surface area contributed by atoms with Crippen LogP contribution in [0, 0.1) is 5.92 Å². The Labute approximate surface area is 115 Å². The van der Waals surface area contributed by atoms with Crippen LogP contribution in [0.3, 0.4) is 0 Å². The van der Waals surface area contributed by atoms with E-state index in [-0.39, 0.29) is 11.9 Å². The molecule has 1 aromatic heterocycles. The average Bonchev–Trinajstić information content (AvgIpc) is 2.81. The molecule has 0 aromatic carbocycles. The number of hydrogen-bond donors (Lipinski definition) is 2. The number of amides is 1. The van der Waals surface area contributed by atoms with Crippen molar-refractivity contribution in [2.45, 2.75) is 52.7 Å². The Bertz CT molecular complexity index is 387. The molecule has 1 unspecified atom stereocenters. The van der Waals surface area contributed by atoms with Gasteiger partial charge in [0.05, 0.1) is 11.7 Å². The fourth-order valence-corrected chi connectivity index (χ4v) is 2.08. The second kappa shape index (κ2) is 7.94. The molecule has 0 fully saturated rings. The maximum atomic E-state index is 11.8. The van der Waals surface area contributed by atoms with Crippen LogP contribution >= 0.6 is 0 Å². The van der Waals surface area contributed by atoms with Gasteiger partial charge in [0.15, 0.2) is 0 Å². The first-order chi connectivity index (χ1) is 9.08. The van der Waals surface area contributed by atoms with Crippen molar-refractivity contribution >= 4 is 5.91 Å². The van der Waals surface area contributed by atoms with Gasteiger partial charge in [0.1, 0.15) is 0 Å². The molecular weight excluding hydrogens is 240 g/mol. The number of aryl methyl sites for hydroxylation is 1. The van der Waals surface area contributed by atoms with E-state index in [2.05, 4.69) is 36.5 Å². The lowest BCUT2D eigenvalue weighted by Gasteiger charge is -2.19. The normalized spacial score (nSPS) is 12.7. The summed E-state index contributed by atoms with van der Waals surface area (Å²) in [5, 5.41) is 10.3. The second-order valence-electron chi connectivity index (χ2n) is 5.22. The minimum atomic E-state index is -0.144. The van der Waals surface area contributed by atoms with Gasteiger partial charge in [-0.25, -0.2) is 0 Å². The summed E-state index contributed by atoms with van der Waals surface area (Å²) in [6.07, 6.45) is 3.70. The van der Waals surface area contributed by atoms with Gasteiger partial charge in [-0.3, -0.25) is 9.48 Å². The summed E-state index contributed by atoms with van der Waals surface area (Å²) < 4.78 is 1.99. The standard InChI is InChI=1S/C14H26N4O/c1-5-8-18-12(6-7-17-18)10-16-13(9-11(2)3)14(19)15-4/h6-7,11,13,16H,5,8-10H2,1-4H3,(H,15,19). The quantitative estimate of drug-likeness (QED) is 0.750. The number of likely N-dealkylation sites (N-methyl/N-ethyl adjacent to an activating group) is 1. The molecule has 0 bridgehead atoms. The maximum Gasteiger partial charge on any atom is 0.236 e. The van der Waals surface area contributed by atoms with Crippen LogP contribution in [0.4, 0.5) is 0 Å². The molecule has 1 atom stereocenters. The molecule has 0 saturated heterocycles. The van der Waals surface area contributed by atoms with Gasteiger partial charge < -0.3 is 10.6 Å². The van der Waals surface area contributed by atoms with E-state index in [9.17, 15) is 4.79 Å². The second-order valence-corrected chi connectivity index (χ2v) is 5.22. The first-order valence-electron chi connectivity index (χ1n) is 7.04. The predicted octanol–water partition coefficient (Wildman–Crippen LogP) is 1.54. The van der Waals surface area contributed by atoms with Crippen LogP contribution in [0.15, 0.2) is 12.3 Å². The van der Waals surface area contributed by atoms with Crippen LogP contribution in [0.5, 0.6) is 0 Å². The molecule has 1 heterocycles. The van der Waals surface area contributed by atoms with Gasteiger partial charge in [-0.15, -0.1) is 0 Å². The summed E-state index contributed by atoms with van der Waals surface area (Å²) in [7, 11) is 1.68. The SMILES string of the molecule is CCCn1nccc1CNC(CC(C)C)C(=O)NC. The van der Waals surface area contributed by atoms with Crippen molar-refractivity contribution in [3.05, 3.63) is 18.0 Å². The van der Waals surface area contributed by atoms with Crippen molar-refractivity contribution < 1.29 is 4.79 Å². The van der Waals surface area contributed by atoms with Crippen LogP contribution < -0.4 is 10.6 Å². The third-order valence-corrected chi connectivity index (χ3v) is 3.04. The minimum absolute atomic E-state index is 0.0512. The lowest BCUT2D eigenvalue weighted by atomic mass is 10.0. The monoisotopic (exact) mass is 266 g/mol. The smallest absolute Gasteiger partial charge is 0.236 e. The van der Waals surface area contributed by atoms with Crippen molar-refractivity contribution in [2.75, 3.05) is 7.05 Å². The van der Waals surface area contributed by atoms with Crippen LogP contribution in [0.2, 0.25) is 0 Å². The Balaban J connectivity index is 2.59. The van der Waals surface area contributed by atoms with Crippen LogP contribution in [-0.4, -0.2) is 28.8 Å². The number of nitrogens with zero attached hydrogens (tertiary/aromatic N) is 2. The van der Waals surface area contributed by atoms with E-state index in [0.29, 0.717) is 12.5 Å². The zero-order valence-corrected chi connectivity index (χ0v) is 12.4. The molecule has 0 aliphatic carbocycles. The predicted molar refractivity (Wildman–Crippen MR) is 76.7 cm³/mol. The van der Waals surface area contributed by atoms with Gasteiger partial charge >= 0.3 is 0 Å². The highest BCUT2D eigenvalue weighted by Crippen LogP contribution is 2.07. The summed E-state index contributed by atoms with van der Waals surface area (Å²) in [6, 6.07) is 1.86. The molecule has 0 saturated carbocycles. The Morgan fingerprint density at radius 2 is 2.21 bits per heavy atom. The van der Waals surface area contributed by atoms with E-state index < -0.39 is 0 Å². The number of rotatable bonds is 8. The van der Waals surface area contributed by atoms with E-state index in [1.165, 1.54) is 0 Å². The summed E-state index contributed by atoms with van der Waals surface area (Å²) in [5.74, 6) is 0.533. The van der Waals surface area contributed by atoms with E-state index in [1.807, 2.05) is 16.9 Å². The minimum Gasteiger partial charge on any atom is -0.358 e. The first kappa shape index (κ1) is 15.7. The largest absolute Gasteiger partial charge is 0.358 e. The van der Waals surface area contributed by atoms with E-state index in [1.54, 1.807) is 7.05 Å². The topological polar surface area (TPSA) is 59.0 Å². The molecule has 5 heteroatoms. The highest BCUT2D eigenvalue weighted by Gasteiger charge is 2.18. The molecule has 0 aliphatic heterocycles. The lowest BCUT2D eigenvalue weighted by Crippen LogP contribution is -2.43. The van der Waals surface area contributed by atoms with Gasteiger partial charge in [-0.05, 0) is 24.8 Å². The third kappa shape index (κ3) is 5.03. The Kier molecular flexibility index (Phi) is 6.56. The zero-order valence-electron chi connectivity index (χ0n) is 12.4. The molecule has 1 rings (SSSR count). The van der Waals surface area contributed by atoms with Crippen molar-refractivity contribution in [2.24, 2.45) is 5.92 Å². The highest BCUT2D eigenvalue weighted by molar-refractivity contribution is 5.81. The average molecular weight is 266 g/mol. The molecule has 0 aliphatic rings. The fourth-order valence-electron chi connectivity index (χ4n) is 2.08. The number of aromatic nitrogens is 2. The summed E-state index contributed by atoms with van der Waals surface area (Å²) in [5.41, 5.74) is 1.12. The molecule has 0 spiro atoms. The Morgan fingerprint density at radius 3 is 2.79 bits per heavy atom. The Hall–Kier alpha value is -1.36. The van der Waals surface area contributed by atoms with Crippen molar-refractivity contribution in [1.82, 2.24) is 20.4 Å². The van der Waals surface area contributed by atoms with Crippen molar-refractivity contribution in [3.63, 3.8) is 0 Å². The number of hydrogen-bond acceptors (Lipinski definition) is 3. The molecule has 2 N–H and O–H groups in total. The van der Waals surface area contributed by atoms with Crippen molar-refractivity contribution in [3.8, 4) is 0 Å². The Morgan fingerprint density at radius 1 is 1.47 bits per heavy atom. The van der Waals surface area contributed by atoms with Gasteiger partial charge in [0, 0.05) is 26.3 Å². The summed E-state index contributed by atoms with van der Waals surface area (Å²) >= 11 is 0. The highest BCUT2D eigenvalue weighted by atomic mass is 16.2. The van der Waals surface area contributed by atoms with E-state index >= 15 is 0 Å². The van der Waals surface area contributed by atoms with Gasteiger partial charge in [-0.2, -0.15) is 5.10 Å². The number of carbonyl (C=O) groups excluding carboxylic acids is 1. The van der Waals surface area contributed by atoms with E-state index in [4.69, 9.17) is 0 Å². The van der Waals surface area contributed by atoms with Gasteiger partial charge in [0.25, 0.3) is 0 Å². The van der Waals surface area contributed by atoms with Gasteiger partial charge in [-0.1, -0.05) is 20.8 Å². The fraction of sp³-hybridized carbons (Fsp3) is 0.714. The molecule has 0 radical (unpaired) electrons. The molecule has 19 heavy (non-hydrogen) atoms. The van der Waals surface area contributed by atoms with Crippen molar-refractivity contribution in [1.29, 1.82) is 0 Å². The maximum absolute atomic E-state index is 11.8. The van der Waals surface area contributed by atoms with Crippen LogP contribution in [0.1, 0.15) is 39.3 Å². The number of nitrogens with one attached hydrogen (secondary N) is 2. The summed E-state index contributed by atoms with van der Waals surface area (Å²) in [4.78, 5) is 11.8. The molecule has 1 amide bonds. The molecular formula is C14H26N4O. The molecule has 108 valence electrons. The van der Waals surface area contributed by atoms with Crippen LogP contribution in [0.25, 0.3) is 0 Å². The molecule has 1 aromatic rings. The lowest BCUT2D eigenvalue weighted by molar-refractivity contribution is -0.123. The van der Waals surface area contributed by atoms with Gasteiger partial charge in [0.2, 0.25) is 5.91 Å². The number of carbonyl (C=O) groups is 1.